The first kappa shape index (κ1) is 69.3. The third kappa shape index (κ3) is 25.5. The monoisotopic (exact) mass is 1270 g/mol. The molecule has 0 aliphatic carbocycles. The van der Waals surface area contributed by atoms with Crippen molar-refractivity contribution in [1.29, 1.82) is 0 Å². The van der Waals surface area contributed by atoms with E-state index in [1.165, 1.54) is 32.1 Å². The number of rotatable bonds is 31. The number of hydrogen-bond acceptors (Lipinski definition) is 23. The molecule has 2 aromatic rings. The number of carbonyl (C=O) groups is 12. The fourth-order valence-electron chi connectivity index (χ4n) is 8.01. The number of nitrogens with one attached hydrogen (secondary N) is 7. The third-order valence-electron chi connectivity index (χ3n) is 12.2. The third-order valence-corrected chi connectivity index (χ3v) is 12.2. The molecule has 1 fully saturated rings. The molecule has 2 heterocycles. The van der Waals surface area contributed by atoms with E-state index in [-0.39, 0.29) is 111 Å². The van der Waals surface area contributed by atoms with Gasteiger partial charge in [-0.15, -0.1) is 0 Å². The second-order valence-corrected chi connectivity index (χ2v) is 18.2. The van der Waals surface area contributed by atoms with Crippen molar-refractivity contribution in [2.45, 2.75) is 81.3 Å². The first-order valence-corrected chi connectivity index (χ1v) is 24.6. The number of nitrogens with zero attached hydrogens (tertiary/aromatic N) is 5. The number of aromatic amines is 1. The minimum atomic E-state index is -1.89. The zero-order chi connectivity index (χ0) is 58.8. The Balaban J connectivity index is 0.0000219. The average Bonchev–Trinajstić information content (AvgIpc) is 3.89. The number of carbonyl (C=O) groups excluding carboxylic acids is 10. The number of benzene rings is 1. The molecule has 1 aliphatic heterocycles. The molecule has 1 saturated heterocycles. The molecule has 0 bridgehead atoms. The number of aliphatic hydroxyl groups excluding tert-OH is 2. The van der Waals surface area contributed by atoms with E-state index < -0.39 is 166 Å². The van der Waals surface area contributed by atoms with Gasteiger partial charge < -0.3 is 96.9 Å². The number of carboxylic acids is 6. The van der Waals surface area contributed by atoms with Gasteiger partial charge in [0, 0.05) is 149 Å². The van der Waals surface area contributed by atoms with Gasteiger partial charge in [-0.1, -0.05) is 30.3 Å². The topological polar surface area (TPSA) is 492 Å². The van der Waals surface area contributed by atoms with Gasteiger partial charge in [0.15, 0.2) is 0 Å². The summed E-state index contributed by atoms with van der Waals surface area (Å²) in [6.07, 6.45) is -0.335. The summed E-state index contributed by atoms with van der Waals surface area (Å²) in [6, 6.07) is -3.67. The van der Waals surface area contributed by atoms with Crippen molar-refractivity contribution in [2.24, 2.45) is 0 Å². The molecule has 6 amide bonds. The number of aromatic nitrogens is 2. The van der Waals surface area contributed by atoms with Gasteiger partial charge >= 0.3 is 11.9 Å². The maximum absolute atomic E-state index is 13.8. The molecule has 0 spiro atoms. The van der Waals surface area contributed by atoms with Crippen molar-refractivity contribution in [1.82, 2.24) is 61.5 Å². The van der Waals surface area contributed by atoms with Crippen LogP contribution in [0.5, 0.6) is 0 Å². The summed E-state index contributed by atoms with van der Waals surface area (Å²) in [6.45, 7) is -3.64. The van der Waals surface area contributed by atoms with Crippen LogP contribution in [0, 0.1) is 39.9 Å². The molecule has 1 aromatic heterocycles. The van der Waals surface area contributed by atoms with E-state index in [2.05, 4.69) is 41.9 Å². The second-order valence-electron chi connectivity index (χ2n) is 18.2. The molecule has 1 aromatic carbocycles. The molecule has 80 heavy (non-hydrogen) atoms. The van der Waals surface area contributed by atoms with E-state index in [0.29, 0.717) is 5.56 Å². The molecular formula is C47H64GdN12O20-4. The maximum Gasteiger partial charge on any atom is 0.328 e. The van der Waals surface area contributed by atoms with Crippen LogP contribution in [0.25, 0.3) is 0 Å². The standard InChI is InChI=1S/C47H68N12O20.Gd/c1-27(41(71)52-31(18-29-20-48-26-49-29)44(74)54-33(24-60)45(75)53-30(17-28-5-3-2-4-6-28)43(73)55-34(25-61)46(76)77)50-42(72)32(19-37(63)64)51-36(62)8-7-35(47(78)79)59-15-13-57(22-39(67)68)11-9-56(21-38(65)66)10-12-58(14-16-59)23-40(69)70;/h2-6,20,26-27,30-35,60-61H,7-19,21-25H2,1H3,(H,48,49)(H,50,72)(H,51,62)(H,52,71)(H,53,75)(H,54,74)(H,55,73)(H,63,64)(H,65,66)(H,67,68)(H,69,70)(H,76,77)(H,78,79);/p-4/t27-,30-,31-,32-,33-,34-,35?;/m0./s1. The van der Waals surface area contributed by atoms with Gasteiger partial charge in [-0.2, -0.15) is 0 Å². The molecule has 1 unspecified atom stereocenters. The Hall–Kier alpha value is -6.85. The quantitative estimate of drug-likeness (QED) is 0.0334. The molecule has 11 N–H and O–H groups in total. The van der Waals surface area contributed by atoms with E-state index >= 15 is 0 Å². The molecule has 32 nitrogen and oxygen atoms in total. The minimum Gasteiger partial charge on any atom is -0.549 e. The van der Waals surface area contributed by atoms with Crippen LogP contribution in [0.2, 0.25) is 0 Å². The number of aliphatic carboxylic acids is 6. The molecule has 1 aliphatic rings. The van der Waals surface area contributed by atoms with Crippen LogP contribution in [0.3, 0.4) is 0 Å². The largest absolute Gasteiger partial charge is 0.549 e. The van der Waals surface area contributed by atoms with Gasteiger partial charge in [-0.05, 0) is 18.9 Å². The summed E-state index contributed by atoms with van der Waals surface area (Å²) < 4.78 is 0. The van der Waals surface area contributed by atoms with E-state index in [9.17, 15) is 98.4 Å². The predicted molar refractivity (Wildman–Crippen MR) is 258 cm³/mol. The number of carboxylic acid groups (broad SMARTS) is 6. The zero-order valence-corrected chi connectivity index (χ0v) is 45.5. The molecule has 33 heteroatoms. The fraction of sp³-hybridized carbons (Fsp3) is 0.553. The summed E-state index contributed by atoms with van der Waals surface area (Å²) >= 11 is 0. The molecule has 444 valence electrons. The van der Waals surface area contributed by atoms with Gasteiger partial charge in [0.25, 0.3) is 0 Å². The molecule has 3 rings (SSSR count). The van der Waals surface area contributed by atoms with Gasteiger partial charge in [0.2, 0.25) is 35.4 Å². The Morgan fingerprint density at radius 3 is 1.49 bits per heavy atom. The van der Waals surface area contributed by atoms with E-state index in [4.69, 9.17) is 0 Å². The van der Waals surface area contributed by atoms with Crippen LogP contribution in [0.1, 0.15) is 37.4 Å². The van der Waals surface area contributed by atoms with Crippen molar-refractivity contribution >= 4 is 71.3 Å². The summed E-state index contributed by atoms with van der Waals surface area (Å²) in [5, 5.41) is 99.4. The van der Waals surface area contributed by atoms with Crippen molar-refractivity contribution in [3.8, 4) is 0 Å². The summed E-state index contributed by atoms with van der Waals surface area (Å²) in [7, 11) is 0. The second kappa shape index (κ2) is 35.7. The van der Waals surface area contributed by atoms with Gasteiger partial charge in [-0.3, -0.25) is 53.2 Å². The van der Waals surface area contributed by atoms with Crippen LogP contribution in [0.4, 0.5) is 0 Å². The van der Waals surface area contributed by atoms with Crippen LogP contribution >= 0.6 is 0 Å². The number of amides is 6. The first-order valence-electron chi connectivity index (χ1n) is 24.6. The molecular weight excluding hydrogens is 1210 g/mol. The Morgan fingerprint density at radius 1 is 0.588 bits per heavy atom. The summed E-state index contributed by atoms with van der Waals surface area (Å²) in [5.74, 6) is -16.0. The van der Waals surface area contributed by atoms with Crippen LogP contribution < -0.4 is 52.3 Å². The summed E-state index contributed by atoms with van der Waals surface area (Å²) in [5.41, 5.74) is 0.755. The Morgan fingerprint density at radius 2 is 1.04 bits per heavy atom. The SMILES string of the molecule is C[C@H](NC(=O)[C@H](CC(=O)O)NC(=O)CCC(C(=O)[O-])N1CCN(CC(=O)[O-])CCN(CC(=O)[O-])CCN(CC(=O)[O-])CC1)C(=O)N[C@@H](Cc1cnc[nH]1)C(=O)N[C@@H](CO)C(=O)N[C@@H](Cc1ccccc1)C(=O)N[C@@H](CO)C(=O)O.[Gd]. The Bertz CT molecular complexity index is 2390. The average molecular weight is 1270 g/mol. The molecule has 0 saturated carbocycles. The van der Waals surface area contributed by atoms with Crippen LogP contribution in [-0.2, 0) is 70.4 Å². The van der Waals surface area contributed by atoms with E-state index in [0.717, 1.165) is 6.92 Å². The van der Waals surface area contributed by atoms with Gasteiger partial charge in [0.1, 0.15) is 36.3 Å². The maximum atomic E-state index is 13.8. The molecule has 0 radical (unpaired) electrons. The van der Waals surface area contributed by atoms with Crippen molar-refractivity contribution < 1.29 is 138 Å². The van der Waals surface area contributed by atoms with Crippen LogP contribution in [0.15, 0.2) is 42.9 Å². The van der Waals surface area contributed by atoms with Crippen molar-refractivity contribution in [2.75, 3.05) is 85.2 Å². The number of aliphatic hydroxyl groups is 2. The van der Waals surface area contributed by atoms with Crippen molar-refractivity contribution in [3.05, 3.63) is 54.1 Å². The Kier molecular flexibility index (Phi) is 30.9. The van der Waals surface area contributed by atoms with Gasteiger partial charge in [-0.25, -0.2) is 9.78 Å². The Labute approximate surface area is 489 Å². The summed E-state index contributed by atoms with van der Waals surface area (Å²) in [4.78, 5) is 164. The fourth-order valence-corrected chi connectivity index (χ4v) is 8.01. The van der Waals surface area contributed by atoms with E-state index in [1.54, 1.807) is 30.3 Å². The molecule has 7 atom stereocenters. The number of hydrogen-bond donors (Lipinski definition) is 11. The number of imidazole rings is 1. The zero-order valence-electron chi connectivity index (χ0n) is 43.2. The predicted octanol–water partition coefficient (Wildman–Crippen LogP) is -12.0. The minimum absolute atomic E-state index is 0. The van der Waals surface area contributed by atoms with Crippen molar-refractivity contribution in [3.63, 3.8) is 0 Å². The number of H-pyrrole nitrogens is 1. The normalized spacial score (nSPS) is 16.5. The van der Waals surface area contributed by atoms with Gasteiger partial charge in [0.05, 0.1) is 49.8 Å². The smallest absolute Gasteiger partial charge is 0.328 e. The van der Waals surface area contributed by atoms with Crippen LogP contribution in [-0.4, -0.2) is 249 Å². The van der Waals surface area contributed by atoms with E-state index in [1.807, 2.05) is 0 Å². The first-order chi connectivity index (χ1) is 37.4.